The largest absolute Gasteiger partial charge is 0.292 e. The van der Waals surface area contributed by atoms with Gasteiger partial charge in [-0.15, -0.1) is 0 Å². The lowest BCUT2D eigenvalue weighted by Crippen LogP contribution is -2.07. The van der Waals surface area contributed by atoms with Crippen LogP contribution >= 0.6 is 0 Å². The molecular formula is C9H12N2O3S. The Balaban J connectivity index is 2.45. The van der Waals surface area contributed by atoms with E-state index in [1.807, 2.05) is 0 Å². The maximum absolute atomic E-state index is 11.4. The van der Waals surface area contributed by atoms with Gasteiger partial charge in [-0.2, -0.15) is 0 Å². The van der Waals surface area contributed by atoms with Crippen LogP contribution in [-0.4, -0.2) is 36.2 Å². The van der Waals surface area contributed by atoms with E-state index in [9.17, 15) is 13.2 Å². The molecule has 0 aliphatic carbocycles. The van der Waals surface area contributed by atoms with Crippen molar-refractivity contribution in [3.63, 3.8) is 0 Å². The highest BCUT2D eigenvalue weighted by molar-refractivity contribution is 7.90. The van der Waals surface area contributed by atoms with Gasteiger partial charge in [0, 0.05) is 18.9 Å². The number of sulfone groups is 1. The molecule has 0 amide bonds. The molecule has 0 aromatic carbocycles. The maximum Gasteiger partial charge on any atom is 0.181 e. The third-order valence-electron chi connectivity index (χ3n) is 1.79. The van der Waals surface area contributed by atoms with Crippen LogP contribution in [0, 0.1) is 0 Å². The van der Waals surface area contributed by atoms with Crippen LogP contribution in [0.2, 0.25) is 0 Å². The third kappa shape index (κ3) is 4.64. The van der Waals surface area contributed by atoms with Gasteiger partial charge in [0.25, 0.3) is 0 Å². The average molecular weight is 228 g/mol. The van der Waals surface area contributed by atoms with E-state index in [0.717, 1.165) is 6.26 Å². The van der Waals surface area contributed by atoms with Crippen LogP contribution in [0.3, 0.4) is 0 Å². The van der Waals surface area contributed by atoms with Crippen LogP contribution in [0.1, 0.15) is 23.3 Å². The second-order valence-corrected chi connectivity index (χ2v) is 5.51. The summed E-state index contributed by atoms with van der Waals surface area (Å²) < 4.78 is 21.6. The molecule has 1 heterocycles. The fourth-order valence-electron chi connectivity index (χ4n) is 1.08. The predicted octanol–water partition coefficient (Wildman–Crippen LogP) is 0.484. The van der Waals surface area contributed by atoms with E-state index in [0.29, 0.717) is 12.1 Å². The van der Waals surface area contributed by atoms with Crippen LogP contribution < -0.4 is 0 Å². The molecule has 0 atom stereocenters. The first-order valence-corrected chi connectivity index (χ1v) is 6.52. The van der Waals surface area contributed by atoms with Gasteiger partial charge in [-0.1, -0.05) is 0 Å². The molecule has 0 aliphatic rings. The quantitative estimate of drug-likeness (QED) is 0.685. The minimum atomic E-state index is -2.99. The van der Waals surface area contributed by atoms with Crippen molar-refractivity contribution < 1.29 is 13.2 Å². The van der Waals surface area contributed by atoms with E-state index in [2.05, 4.69) is 9.97 Å². The second kappa shape index (κ2) is 4.97. The lowest BCUT2D eigenvalue weighted by atomic mass is 10.2. The Morgan fingerprint density at radius 3 is 2.73 bits per heavy atom. The van der Waals surface area contributed by atoms with Crippen molar-refractivity contribution in [1.29, 1.82) is 0 Å². The molecule has 0 radical (unpaired) electrons. The summed E-state index contributed by atoms with van der Waals surface area (Å²) in [5.41, 5.74) is 0.332. The minimum absolute atomic E-state index is 0.0316. The second-order valence-electron chi connectivity index (χ2n) is 3.25. The number of carbonyl (C=O) groups is 1. The molecular weight excluding hydrogens is 216 g/mol. The van der Waals surface area contributed by atoms with E-state index in [-0.39, 0.29) is 18.0 Å². The molecule has 0 bridgehead atoms. The molecule has 0 saturated carbocycles. The summed E-state index contributed by atoms with van der Waals surface area (Å²) in [6, 6.07) is 1.52. The highest BCUT2D eigenvalue weighted by Gasteiger charge is 2.08. The molecule has 1 aromatic heterocycles. The fraction of sp³-hybridized carbons (Fsp3) is 0.444. The lowest BCUT2D eigenvalue weighted by molar-refractivity contribution is 0.0977. The van der Waals surface area contributed by atoms with E-state index in [4.69, 9.17) is 0 Å². The average Bonchev–Trinajstić information content (AvgIpc) is 2.17. The summed E-state index contributed by atoms with van der Waals surface area (Å²) >= 11 is 0. The van der Waals surface area contributed by atoms with E-state index in [1.54, 1.807) is 0 Å². The zero-order valence-corrected chi connectivity index (χ0v) is 9.20. The third-order valence-corrected chi connectivity index (χ3v) is 2.82. The molecule has 1 aromatic rings. The number of rotatable bonds is 5. The number of hydrogen-bond acceptors (Lipinski definition) is 5. The molecule has 6 heteroatoms. The number of carbonyl (C=O) groups excluding carboxylic acids is 1. The first-order chi connectivity index (χ1) is 6.99. The molecule has 0 fully saturated rings. The van der Waals surface area contributed by atoms with Gasteiger partial charge in [0.05, 0.1) is 5.75 Å². The molecule has 0 unspecified atom stereocenters. The molecule has 0 N–H and O–H groups in total. The SMILES string of the molecule is CS(=O)(=O)CCCC(=O)c1ccncn1. The number of Topliss-reactive ketones (excluding diaryl/α,β-unsaturated/α-hetero) is 1. The van der Waals surface area contributed by atoms with Gasteiger partial charge in [-0.3, -0.25) is 4.79 Å². The molecule has 0 saturated heterocycles. The number of nitrogens with zero attached hydrogens (tertiary/aromatic N) is 2. The predicted molar refractivity (Wildman–Crippen MR) is 55.3 cm³/mol. The zero-order chi connectivity index (χ0) is 11.3. The summed E-state index contributed by atoms with van der Waals surface area (Å²) in [4.78, 5) is 18.9. The molecule has 5 nitrogen and oxygen atoms in total. The molecule has 15 heavy (non-hydrogen) atoms. The first kappa shape index (κ1) is 11.8. The van der Waals surface area contributed by atoms with Crippen LogP contribution in [0.15, 0.2) is 18.6 Å². The summed E-state index contributed by atoms with van der Waals surface area (Å²) in [5.74, 6) is -0.120. The van der Waals surface area contributed by atoms with Crippen LogP contribution in [0.5, 0.6) is 0 Å². The highest BCUT2D eigenvalue weighted by atomic mass is 32.2. The summed E-state index contributed by atoms with van der Waals surface area (Å²) in [6.07, 6.45) is 4.47. The van der Waals surface area contributed by atoms with E-state index in [1.165, 1.54) is 18.6 Å². The van der Waals surface area contributed by atoms with Crippen molar-refractivity contribution in [2.45, 2.75) is 12.8 Å². The zero-order valence-electron chi connectivity index (χ0n) is 8.38. The molecule has 0 spiro atoms. The maximum atomic E-state index is 11.4. The lowest BCUT2D eigenvalue weighted by Gasteiger charge is -1.98. The Kier molecular flexibility index (Phi) is 3.90. The molecule has 1 rings (SSSR count). The molecule has 82 valence electrons. The van der Waals surface area contributed by atoms with Gasteiger partial charge < -0.3 is 0 Å². The van der Waals surface area contributed by atoms with Crippen LogP contribution in [0.4, 0.5) is 0 Å². The Morgan fingerprint density at radius 1 is 1.47 bits per heavy atom. The molecule has 0 aliphatic heterocycles. The van der Waals surface area contributed by atoms with Crippen LogP contribution in [-0.2, 0) is 9.84 Å². The van der Waals surface area contributed by atoms with Gasteiger partial charge in [0.2, 0.25) is 0 Å². The normalized spacial score (nSPS) is 11.3. The van der Waals surface area contributed by atoms with Crippen molar-refractivity contribution in [2.75, 3.05) is 12.0 Å². The Labute approximate surface area is 88.5 Å². The van der Waals surface area contributed by atoms with E-state index >= 15 is 0 Å². The summed E-state index contributed by atoms with van der Waals surface area (Å²) in [5, 5.41) is 0. The monoisotopic (exact) mass is 228 g/mol. The first-order valence-electron chi connectivity index (χ1n) is 4.46. The van der Waals surface area contributed by atoms with Crippen molar-refractivity contribution >= 4 is 15.6 Å². The standard InChI is InChI=1S/C9H12N2O3S/c1-15(13,14)6-2-3-9(12)8-4-5-10-7-11-8/h4-5,7H,2-3,6H2,1H3. The summed E-state index contributed by atoms with van der Waals surface area (Å²) in [7, 11) is -2.99. The fourth-order valence-corrected chi connectivity index (χ4v) is 1.75. The number of hydrogen-bond donors (Lipinski definition) is 0. The highest BCUT2D eigenvalue weighted by Crippen LogP contribution is 2.02. The van der Waals surface area contributed by atoms with Gasteiger partial charge in [-0.05, 0) is 12.5 Å². The van der Waals surface area contributed by atoms with Crippen molar-refractivity contribution in [3.8, 4) is 0 Å². The smallest absolute Gasteiger partial charge is 0.181 e. The van der Waals surface area contributed by atoms with Gasteiger partial charge in [-0.25, -0.2) is 18.4 Å². The Morgan fingerprint density at radius 2 is 2.20 bits per heavy atom. The van der Waals surface area contributed by atoms with Gasteiger partial charge in [0.15, 0.2) is 5.78 Å². The minimum Gasteiger partial charge on any atom is -0.292 e. The van der Waals surface area contributed by atoms with Gasteiger partial charge in [0.1, 0.15) is 21.9 Å². The van der Waals surface area contributed by atoms with Gasteiger partial charge >= 0.3 is 0 Å². The Bertz CT molecular complexity index is 428. The van der Waals surface area contributed by atoms with Crippen molar-refractivity contribution in [3.05, 3.63) is 24.3 Å². The van der Waals surface area contributed by atoms with Crippen molar-refractivity contribution in [2.24, 2.45) is 0 Å². The summed E-state index contributed by atoms with van der Waals surface area (Å²) in [6.45, 7) is 0. The Hall–Kier alpha value is -1.30. The van der Waals surface area contributed by atoms with Crippen molar-refractivity contribution in [1.82, 2.24) is 9.97 Å². The van der Waals surface area contributed by atoms with E-state index < -0.39 is 9.84 Å². The topological polar surface area (TPSA) is 77.0 Å². The van der Waals surface area contributed by atoms with Crippen LogP contribution in [0.25, 0.3) is 0 Å². The number of ketones is 1. The number of aromatic nitrogens is 2.